The highest BCUT2D eigenvalue weighted by atomic mass is 16.5. The quantitative estimate of drug-likeness (QED) is 0.103. The predicted molar refractivity (Wildman–Crippen MR) is 154 cm³/mol. The zero-order valence-electron chi connectivity index (χ0n) is 22.7. The van der Waals surface area contributed by atoms with E-state index >= 15 is 0 Å². The Morgan fingerprint density at radius 2 is 1.39 bits per heavy atom. The number of hydrogen-bond acceptors (Lipinski definition) is 9. The molecule has 0 aromatic heterocycles. The summed E-state index contributed by atoms with van der Waals surface area (Å²) in [6, 6.07) is 18.2. The van der Waals surface area contributed by atoms with Crippen molar-refractivity contribution in [1.29, 1.82) is 5.41 Å². The molecule has 0 amide bonds. The van der Waals surface area contributed by atoms with Gasteiger partial charge >= 0.3 is 17.9 Å². The molecular formula is C32H31NO8. The fourth-order valence-corrected chi connectivity index (χ4v) is 3.31. The second-order valence-corrected chi connectivity index (χ2v) is 8.27. The van der Waals surface area contributed by atoms with Gasteiger partial charge in [-0.3, -0.25) is 4.79 Å². The Morgan fingerprint density at radius 1 is 0.805 bits per heavy atom. The van der Waals surface area contributed by atoms with Gasteiger partial charge in [0.2, 0.25) is 0 Å². The maximum absolute atomic E-state index is 12.1. The molecule has 0 unspecified atom stereocenters. The van der Waals surface area contributed by atoms with E-state index in [9.17, 15) is 19.2 Å². The second kappa shape index (κ2) is 17.4. The van der Waals surface area contributed by atoms with Crippen molar-refractivity contribution in [1.82, 2.24) is 0 Å². The molecule has 0 heterocycles. The number of carbonyl (C=O) groups excluding carboxylic acids is 4. The molecule has 0 radical (unpaired) electrons. The Labute approximate surface area is 238 Å². The zero-order chi connectivity index (χ0) is 30.0. The minimum atomic E-state index is -0.562. The number of ether oxygens (including phenoxy) is 4. The van der Waals surface area contributed by atoms with Gasteiger partial charge in [-0.05, 0) is 77.7 Å². The van der Waals surface area contributed by atoms with Crippen LogP contribution in [-0.2, 0) is 31.9 Å². The van der Waals surface area contributed by atoms with Crippen molar-refractivity contribution in [2.24, 2.45) is 0 Å². The maximum atomic E-state index is 12.1. The monoisotopic (exact) mass is 557 g/mol. The summed E-state index contributed by atoms with van der Waals surface area (Å²) >= 11 is 0. The summed E-state index contributed by atoms with van der Waals surface area (Å²) in [7, 11) is 1.65. The highest BCUT2D eigenvalue weighted by molar-refractivity contribution is 5.90. The first-order valence-electron chi connectivity index (χ1n) is 12.5. The van der Waals surface area contributed by atoms with Gasteiger partial charge in [0.25, 0.3) is 0 Å². The molecule has 0 aliphatic rings. The van der Waals surface area contributed by atoms with Crippen LogP contribution >= 0.6 is 0 Å². The highest BCUT2D eigenvalue weighted by Crippen LogP contribution is 2.15. The summed E-state index contributed by atoms with van der Waals surface area (Å²) in [5, 5.41) is 7.56. The van der Waals surface area contributed by atoms with Crippen molar-refractivity contribution in [2.75, 3.05) is 20.3 Å². The van der Waals surface area contributed by atoms with Crippen molar-refractivity contribution in [3.63, 3.8) is 0 Å². The number of methoxy groups -OCH3 is 1. The topological polar surface area (TPSA) is 129 Å². The molecule has 1 N–H and O–H groups in total. The first-order chi connectivity index (χ1) is 19.8. The number of aldehydes is 1. The van der Waals surface area contributed by atoms with E-state index in [2.05, 4.69) is 13.2 Å². The summed E-state index contributed by atoms with van der Waals surface area (Å²) in [4.78, 5) is 44.3. The number of rotatable bonds is 13. The molecule has 0 saturated heterocycles. The molecule has 0 aliphatic heterocycles. The van der Waals surface area contributed by atoms with Crippen LogP contribution < -0.4 is 9.47 Å². The molecule has 0 bridgehead atoms. The van der Waals surface area contributed by atoms with E-state index in [1.807, 2.05) is 18.2 Å². The number of benzene rings is 3. The third-order valence-electron chi connectivity index (χ3n) is 5.44. The molecule has 3 aromatic rings. The molecule has 3 aromatic carbocycles. The van der Waals surface area contributed by atoms with Crippen molar-refractivity contribution in [3.8, 4) is 11.5 Å². The van der Waals surface area contributed by atoms with Gasteiger partial charge < -0.3 is 24.4 Å². The fourth-order valence-electron chi connectivity index (χ4n) is 3.31. The Morgan fingerprint density at radius 3 is 1.90 bits per heavy atom. The lowest BCUT2D eigenvalue weighted by atomic mass is 10.0. The van der Waals surface area contributed by atoms with Crippen LogP contribution in [-0.4, -0.2) is 50.7 Å². The third-order valence-corrected chi connectivity index (χ3v) is 5.44. The SMILES string of the molecule is C=CC(=O)Oc1ccc(C(=O)OCCc2ccc(CCOC)c(C=N)c2)cc1.C=CC(=O)Oc1ccc(C=O)cc1. The molecule has 0 spiro atoms. The average Bonchev–Trinajstić information content (AvgIpc) is 3.01. The molecule has 0 aliphatic carbocycles. The van der Waals surface area contributed by atoms with E-state index < -0.39 is 17.9 Å². The van der Waals surface area contributed by atoms with Crippen molar-refractivity contribution in [3.05, 3.63) is 120 Å². The number of esters is 3. The van der Waals surface area contributed by atoms with Crippen molar-refractivity contribution >= 4 is 30.4 Å². The van der Waals surface area contributed by atoms with Crippen LogP contribution in [0.5, 0.6) is 11.5 Å². The molecule has 0 saturated carbocycles. The van der Waals surface area contributed by atoms with E-state index in [4.69, 9.17) is 24.4 Å². The Kier molecular flexibility index (Phi) is 13.6. The summed E-state index contributed by atoms with van der Waals surface area (Å²) in [6.07, 6.45) is 5.48. The van der Waals surface area contributed by atoms with Gasteiger partial charge in [0, 0.05) is 37.5 Å². The molecule has 9 heteroatoms. The summed E-state index contributed by atoms with van der Waals surface area (Å²) in [6.45, 7) is 7.41. The molecular weight excluding hydrogens is 526 g/mol. The van der Waals surface area contributed by atoms with Gasteiger partial charge in [0.05, 0.1) is 18.8 Å². The predicted octanol–water partition coefficient (Wildman–Crippen LogP) is 4.95. The first kappa shape index (κ1) is 32.1. The lowest BCUT2D eigenvalue weighted by Gasteiger charge is -2.09. The van der Waals surface area contributed by atoms with E-state index in [0.29, 0.717) is 35.7 Å². The van der Waals surface area contributed by atoms with Gasteiger partial charge in [-0.25, -0.2) is 14.4 Å². The summed E-state index contributed by atoms with van der Waals surface area (Å²) in [5.74, 6) is -0.804. The van der Waals surface area contributed by atoms with Crippen LogP contribution in [0.25, 0.3) is 0 Å². The van der Waals surface area contributed by atoms with Crippen LogP contribution in [0, 0.1) is 5.41 Å². The largest absolute Gasteiger partial charge is 0.462 e. The first-order valence-corrected chi connectivity index (χ1v) is 12.5. The van der Waals surface area contributed by atoms with Crippen LogP contribution in [0.1, 0.15) is 37.4 Å². The molecule has 0 fully saturated rings. The van der Waals surface area contributed by atoms with Crippen LogP contribution in [0.3, 0.4) is 0 Å². The number of hydrogen-bond donors (Lipinski definition) is 1. The van der Waals surface area contributed by atoms with Crippen LogP contribution in [0.15, 0.2) is 92.0 Å². The third kappa shape index (κ3) is 11.2. The smallest absolute Gasteiger partial charge is 0.338 e. The Bertz CT molecular complexity index is 1360. The van der Waals surface area contributed by atoms with Crippen LogP contribution in [0.4, 0.5) is 0 Å². The molecule has 3 rings (SSSR count). The lowest BCUT2D eigenvalue weighted by molar-refractivity contribution is -0.129. The molecule has 212 valence electrons. The fraction of sp³-hybridized carbons (Fsp3) is 0.156. The van der Waals surface area contributed by atoms with E-state index in [0.717, 1.165) is 41.5 Å². The van der Waals surface area contributed by atoms with Gasteiger partial charge in [0.1, 0.15) is 17.8 Å². The lowest BCUT2D eigenvalue weighted by Crippen LogP contribution is -2.09. The normalized spacial score (nSPS) is 9.78. The van der Waals surface area contributed by atoms with E-state index in [1.165, 1.54) is 30.5 Å². The van der Waals surface area contributed by atoms with Gasteiger partial charge in [-0.15, -0.1) is 0 Å². The Balaban J connectivity index is 0.000000377. The number of nitrogens with one attached hydrogen (secondary N) is 1. The molecule has 0 atom stereocenters. The van der Waals surface area contributed by atoms with Gasteiger partial charge in [-0.1, -0.05) is 25.3 Å². The number of carbonyl (C=O) groups is 4. The Hall–Kier alpha value is -5.15. The second-order valence-electron chi connectivity index (χ2n) is 8.27. The van der Waals surface area contributed by atoms with Crippen molar-refractivity contribution in [2.45, 2.75) is 12.8 Å². The van der Waals surface area contributed by atoms with E-state index in [1.54, 1.807) is 31.4 Å². The van der Waals surface area contributed by atoms with Crippen LogP contribution in [0.2, 0.25) is 0 Å². The minimum absolute atomic E-state index is 0.223. The van der Waals surface area contributed by atoms with E-state index in [-0.39, 0.29) is 6.61 Å². The molecule has 41 heavy (non-hydrogen) atoms. The van der Waals surface area contributed by atoms with Crippen molar-refractivity contribution < 1.29 is 38.1 Å². The highest BCUT2D eigenvalue weighted by Gasteiger charge is 2.09. The standard InChI is InChI=1S/C22H23NO5.C10H8O3/c1-3-21(24)28-20-8-6-18(7-9-20)22(25)27-13-10-16-4-5-17(11-12-26-2)19(14-16)15-23;1-2-10(12)13-9-5-3-8(7-11)4-6-9/h3-9,14-15,23H,1,10-13H2,2H3;2-7H,1H2. The minimum Gasteiger partial charge on any atom is -0.462 e. The zero-order valence-corrected chi connectivity index (χ0v) is 22.7. The maximum Gasteiger partial charge on any atom is 0.338 e. The average molecular weight is 558 g/mol. The summed E-state index contributed by atoms with van der Waals surface area (Å²) < 4.78 is 20.1. The summed E-state index contributed by atoms with van der Waals surface area (Å²) in [5.41, 5.74) is 3.78. The molecule has 9 nitrogen and oxygen atoms in total. The van der Waals surface area contributed by atoms with Gasteiger partial charge in [-0.2, -0.15) is 0 Å². The van der Waals surface area contributed by atoms with Gasteiger partial charge in [0.15, 0.2) is 0 Å².